The van der Waals surface area contributed by atoms with Gasteiger partial charge < -0.3 is 10.4 Å². The van der Waals surface area contributed by atoms with E-state index in [2.05, 4.69) is 5.32 Å². The molecule has 1 aliphatic rings. The minimum absolute atomic E-state index is 0.185. The molecule has 0 bridgehead atoms. The van der Waals surface area contributed by atoms with Crippen molar-refractivity contribution in [3.63, 3.8) is 0 Å². The molecule has 3 heteroatoms. The number of nitrogens with one attached hydrogen (secondary N) is 1. The second kappa shape index (κ2) is 2.12. The van der Waals surface area contributed by atoms with Gasteiger partial charge in [-0.3, -0.25) is 0 Å². The van der Waals surface area contributed by atoms with Gasteiger partial charge in [0.1, 0.15) is 0 Å². The largest absolute Gasteiger partial charge is 0.390 e. The van der Waals surface area contributed by atoms with Gasteiger partial charge in [-0.2, -0.15) is 5.26 Å². The Labute approximate surface area is 47.9 Å². The molecule has 0 spiro atoms. The molecule has 1 aliphatic heterocycles. The van der Waals surface area contributed by atoms with Crippen LogP contribution in [0.1, 0.15) is 0 Å². The van der Waals surface area contributed by atoms with Gasteiger partial charge >= 0.3 is 0 Å². The third kappa shape index (κ3) is 0.808. The SMILES string of the molecule is N#C[C@@H]1CNC[C@@H]1O. The number of β-amino-alcohol motifs (C(OH)–C–C–N with tert-alkyl or cyclic N) is 1. The van der Waals surface area contributed by atoms with Crippen LogP contribution in [0, 0.1) is 17.2 Å². The predicted molar refractivity (Wildman–Crippen MR) is 28.0 cm³/mol. The van der Waals surface area contributed by atoms with Crippen LogP contribution in [0.25, 0.3) is 0 Å². The van der Waals surface area contributed by atoms with Crippen LogP contribution in [0.4, 0.5) is 0 Å². The number of aliphatic hydroxyl groups excluding tert-OH is 1. The molecule has 8 heavy (non-hydrogen) atoms. The van der Waals surface area contributed by atoms with Crippen molar-refractivity contribution in [1.82, 2.24) is 5.32 Å². The summed E-state index contributed by atoms with van der Waals surface area (Å²) in [6, 6.07) is 2.00. The fourth-order valence-electron chi connectivity index (χ4n) is 0.797. The summed E-state index contributed by atoms with van der Waals surface area (Å²) in [7, 11) is 0. The zero-order valence-electron chi connectivity index (χ0n) is 4.46. The molecule has 3 nitrogen and oxygen atoms in total. The predicted octanol–water partition coefficient (Wildman–Crippen LogP) is -0.910. The molecule has 0 aromatic heterocycles. The number of aliphatic hydroxyl groups is 1. The number of nitrogens with zero attached hydrogens (tertiary/aromatic N) is 1. The van der Waals surface area contributed by atoms with Crippen molar-refractivity contribution < 1.29 is 5.11 Å². The highest BCUT2D eigenvalue weighted by Crippen LogP contribution is 2.05. The third-order valence-electron chi connectivity index (χ3n) is 1.35. The Balaban J connectivity index is 2.45. The molecule has 1 rings (SSSR count). The molecule has 1 saturated heterocycles. The van der Waals surface area contributed by atoms with Crippen molar-refractivity contribution in [2.24, 2.45) is 5.92 Å². The van der Waals surface area contributed by atoms with Crippen molar-refractivity contribution in [3.05, 3.63) is 0 Å². The van der Waals surface area contributed by atoms with Crippen LogP contribution < -0.4 is 5.32 Å². The summed E-state index contributed by atoms with van der Waals surface area (Å²) in [5.41, 5.74) is 0. The minimum Gasteiger partial charge on any atom is -0.390 e. The molecule has 0 unspecified atom stereocenters. The second-order valence-electron chi connectivity index (χ2n) is 1.96. The average Bonchev–Trinajstić information content (AvgIpc) is 2.14. The molecule has 1 heterocycles. The van der Waals surface area contributed by atoms with E-state index in [0.29, 0.717) is 13.1 Å². The molecule has 2 atom stereocenters. The molecular formula is C5H8N2O. The van der Waals surface area contributed by atoms with Crippen molar-refractivity contribution in [1.29, 1.82) is 5.26 Å². The van der Waals surface area contributed by atoms with E-state index < -0.39 is 6.10 Å². The summed E-state index contributed by atoms with van der Waals surface area (Å²) in [4.78, 5) is 0. The molecular weight excluding hydrogens is 104 g/mol. The fourth-order valence-corrected chi connectivity index (χ4v) is 0.797. The summed E-state index contributed by atoms with van der Waals surface area (Å²) < 4.78 is 0. The Bertz CT molecular complexity index is 118. The second-order valence-corrected chi connectivity index (χ2v) is 1.96. The van der Waals surface area contributed by atoms with Gasteiger partial charge in [-0.1, -0.05) is 0 Å². The first-order valence-corrected chi connectivity index (χ1v) is 2.63. The highest BCUT2D eigenvalue weighted by Gasteiger charge is 2.23. The summed E-state index contributed by atoms with van der Waals surface area (Å²) in [5.74, 6) is -0.185. The van der Waals surface area contributed by atoms with E-state index in [1.165, 1.54) is 0 Å². The molecule has 0 aliphatic carbocycles. The number of nitriles is 1. The Kier molecular flexibility index (Phi) is 1.47. The Hall–Kier alpha value is -0.590. The first-order valence-electron chi connectivity index (χ1n) is 2.63. The normalized spacial score (nSPS) is 37.0. The summed E-state index contributed by atoms with van der Waals surface area (Å²) in [6.07, 6.45) is -0.444. The standard InChI is InChI=1S/C5H8N2O/c6-1-4-2-7-3-5(4)8/h4-5,7-8H,2-3H2/t4-,5+/m1/s1. The lowest BCUT2D eigenvalue weighted by Crippen LogP contribution is -2.15. The van der Waals surface area contributed by atoms with E-state index in [0.717, 1.165) is 0 Å². The van der Waals surface area contributed by atoms with E-state index in [1.807, 2.05) is 6.07 Å². The highest BCUT2D eigenvalue weighted by atomic mass is 16.3. The van der Waals surface area contributed by atoms with Crippen molar-refractivity contribution in [2.75, 3.05) is 13.1 Å². The summed E-state index contributed by atoms with van der Waals surface area (Å²) in [6.45, 7) is 1.20. The fraction of sp³-hybridized carbons (Fsp3) is 0.800. The molecule has 44 valence electrons. The van der Waals surface area contributed by atoms with Crippen LogP contribution in [0.5, 0.6) is 0 Å². The number of hydrogen-bond donors (Lipinski definition) is 2. The highest BCUT2D eigenvalue weighted by molar-refractivity contribution is 4.94. The maximum absolute atomic E-state index is 8.90. The van der Waals surface area contributed by atoms with Gasteiger partial charge in [0.2, 0.25) is 0 Å². The topological polar surface area (TPSA) is 56.0 Å². The maximum Gasteiger partial charge on any atom is 0.0859 e. The number of rotatable bonds is 0. The van der Waals surface area contributed by atoms with Crippen LogP contribution >= 0.6 is 0 Å². The monoisotopic (exact) mass is 112 g/mol. The van der Waals surface area contributed by atoms with Crippen molar-refractivity contribution in [2.45, 2.75) is 6.10 Å². The molecule has 2 N–H and O–H groups in total. The van der Waals surface area contributed by atoms with Crippen molar-refractivity contribution >= 4 is 0 Å². The lowest BCUT2D eigenvalue weighted by atomic mass is 10.1. The molecule has 0 saturated carbocycles. The molecule has 1 fully saturated rings. The summed E-state index contributed by atoms with van der Waals surface area (Å²) >= 11 is 0. The quantitative estimate of drug-likeness (QED) is 0.426. The van der Waals surface area contributed by atoms with Crippen LogP contribution in [0.2, 0.25) is 0 Å². The maximum atomic E-state index is 8.90. The van der Waals surface area contributed by atoms with E-state index in [4.69, 9.17) is 10.4 Å². The van der Waals surface area contributed by atoms with Gasteiger partial charge in [-0.25, -0.2) is 0 Å². The first kappa shape index (κ1) is 5.54. The van der Waals surface area contributed by atoms with Crippen LogP contribution in [0.3, 0.4) is 0 Å². The number of hydrogen-bond acceptors (Lipinski definition) is 3. The smallest absolute Gasteiger partial charge is 0.0859 e. The zero-order valence-corrected chi connectivity index (χ0v) is 4.46. The van der Waals surface area contributed by atoms with E-state index in [9.17, 15) is 0 Å². The van der Waals surface area contributed by atoms with Gasteiger partial charge in [-0.15, -0.1) is 0 Å². The van der Waals surface area contributed by atoms with E-state index in [-0.39, 0.29) is 5.92 Å². The lowest BCUT2D eigenvalue weighted by Gasteiger charge is -1.99. The van der Waals surface area contributed by atoms with Gasteiger partial charge in [0, 0.05) is 13.1 Å². The molecule has 0 aromatic carbocycles. The van der Waals surface area contributed by atoms with Gasteiger partial charge in [0.15, 0.2) is 0 Å². The molecule has 0 amide bonds. The van der Waals surface area contributed by atoms with E-state index >= 15 is 0 Å². The zero-order chi connectivity index (χ0) is 5.98. The summed E-state index contributed by atoms with van der Waals surface area (Å²) in [5, 5.41) is 20.1. The minimum atomic E-state index is -0.444. The third-order valence-corrected chi connectivity index (χ3v) is 1.35. The van der Waals surface area contributed by atoms with Gasteiger partial charge in [-0.05, 0) is 0 Å². The Morgan fingerprint density at radius 2 is 2.38 bits per heavy atom. The van der Waals surface area contributed by atoms with Crippen molar-refractivity contribution in [3.8, 4) is 6.07 Å². The molecule has 0 radical (unpaired) electrons. The van der Waals surface area contributed by atoms with Crippen LogP contribution in [0.15, 0.2) is 0 Å². The van der Waals surface area contributed by atoms with Gasteiger partial charge in [0.05, 0.1) is 18.1 Å². The Morgan fingerprint density at radius 1 is 1.62 bits per heavy atom. The van der Waals surface area contributed by atoms with Crippen LogP contribution in [-0.2, 0) is 0 Å². The van der Waals surface area contributed by atoms with Crippen LogP contribution in [-0.4, -0.2) is 24.3 Å². The molecule has 0 aromatic rings. The van der Waals surface area contributed by atoms with Gasteiger partial charge in [0.25, 0.3) is 0 Å². The average molecular weight is 112 g/mol. The Morgan fingerprint density at radius 3 is 2.62 bits per heavy atom. The lowest BCUT2D eigenvalue weighted by molar-refractivity contribution is 0.170. The first-order chi connectivity index (χ1) is 3.84. The van der Waals surface area contributed by atoms with E-state index in [1.54, 1.807) is 0 Å².